The SMILES string of the molecule is C1=CC(c2cccc(N(c3ccccc3)c3ccccc3-c3cccc4c3oc3c5ccccc5ccc43)c2)Cc2ccccc21. The van der Waals surface area contributed by atoms with Gasteiger partial charge in [-0.15, -0.1) is 0 Å². The molecule has 0 saturated heterocycles. The third kappa shape index (κ3) is 4.42. The van der Waals surface area contributed by atoms with Crippen molar-refractivity contribution in [2.75, 3.05) is 4.90 Å². The van der Waals surface area contributed by atoms with Crippen molar-refractivity contribution in [3.8, 4) is 11.1 Å². The summed E-state index contributed by atoms with van der Waals surface area (Å²) in [4.78, 5) is 2.39. The Morgan fingerprint density at radius 3 is 2.20 bits per heavy atom. The van der Waals surface area contributed by atoms with Crippen molar-refractivity contribution >= 4 is 55.8 Å². The van der Waals surface area contributed by atoms with E-state index in [2.05, 4.69) is 175 Å². The number of anilines is 3. The zero-order chi connectivity index (χ0) is 30.5. The van der Waals surface area contributed by atoms with E-state index < -0.39 is 0 Å². The van der Waals surface area contributed by atoms with Gasteiger partial charge in [0.1, 0.15) is 11.2 Å². The highest BCUT2D eigenvalue weighted by Crippen LogP contribution is 2.45. The van der Waals surface area contributed by atoms with E-state index in [1.807, 2.05) is 0 Å². The Morgan fingerprint density at radius 2 is 1.24 bits per heavy atom. The van der Waals surface area contributed by atoms with Crippen LogP contribution in [-0.4, -0.2) is 0 Å². The molecule has 0 radical (unpaired) electrons. The molecule has 1 atom stereocenters. The fourth-order valence-corrected chi connectivity index (χ4v) is 7.17. The predicted octanol–water partition coefficient (Wildman–Crippen LogP) is 12.2. The lowest BCUT2D eigenvalue weighted by atomic mass is 9.85. The first-order valence-corrected chi connectivity index (χ1v) is 16.0. The van der Waals surface area contributed by atoms with Gasteiger partial charge in [0, 0.05) is 44.6 Å². The molecule has 7 aromatic carbocycles. The Morgan fingerprint density at radius 1 is 0.522 bits per heavy atom. The lowest BCUT2D eigenvalue weighted by molar-refractivity contribution is 0.674. The average molecular weight is 590 g/mol. The molecule has 0 aliphatic heterocycles. The van der Waals surface area contributed by atoms with E-state index in [-0.39, 0.29) is 0 Å². The molecule has 218 valence electrons. The van der Waals surface area contributed by atoms with Gasteiger partial charge in [0.15, 0.2) is 0 Å². The molecule has 1 aliphatic carbocycles. The summed E-state index contributed by atoms with van der Waals surface area (Å²) in [5.41, 5.74) is 11.4. The van der Waals surface area contributed by atoms with Gasteiger partial charge in [-0.05, 0) is 64.9 Å². The van der Waals surface area contributed by atoms with Gasteiger partial charge in [-0.2, -0.15) is 0 Å². The fraction of sp³-hybridized carbons (Fsp3) is 0.0455. The third-order valence-corrected chi connectivity index (χ3v) is 9.40. The minimum absolute atomic E-state index is 0.321. The summed E-state index contributed by atoms with van der Waals surface area (Å²) in [5.74, 6) is 0.321. The third-order valence-electron chi connectivity index (χ3n) is 9.40. The van der Waals surface area contributed by atoms with E-state index in [9.17, 15) is 0 Å². The molecule has 1 aromatic heterocycles. The van der Waals surface area contributed by atoms with E-state index in [1.54, 1.807) is 0 Å². The van der Waals surface area contributed by atoms with Crippen molar-refractivity contribution in [3.63, 3.8) is 0 Å². The van der Waals surface area contributed by atoms with Crippen LogP contribution in [0.15, 0.2) is 168 Å². The first-order valence-electron chi connectivity index (χ1n) is 16.0. The maximum atomic E-state index is 6.80. The molecule has 1 unspecified atom stereocenters. The van der Waals surface area contributed by atoms with Crippen molar-refractivity contribution in [1.82, 2.24) is 0 Å². The van der Waals surface area contributed by atoms with Crippen LogP contribution < -0.4 is 4.90 Å². The molecule has 0 saturated carbocycles. The Bertz CT molecular complexity index is 2420. The molecule has 0 N–H and O–H groups in total. The summed E-state index contributed by atoms with van der Waals surface area (Å²) in [5, 5.41) is 4.59. The number of nitrogens with zero attached hydrogens (tertiary/aromatic N) is 1. The molecule has 0 bridgehead atoms. The molecule has 1 aliphatic rings. The number of furan rings is 1. The highest BCUT2D eigenvalue weighted by molar-refractivity contribution is 6.17. The van der Waals surface area contributed by atoms with Crippen molar-refractivity contribution < 1.29 is 4.42 Å². The van der Waals surface area contributed by atoms with Gasteiger partial charge >= 0.3 is 0 Å². The monoisotopic (exact) mass is 589 g/mol. The Labute approximate surface area is 268 Å². The highest BCUT2D eigenvalue weighted by Gasteiger charge is 2.22. The van der Waals surface area contributed by atoms with Crippen LogP contribution in [0.25, 0.3) is 49.9 Å². The Hall–Kier alpha value is -5.86. The quantitative estimate of drug-likeness (QED) is 0.199. The molecule has 2 heteroatoms. The van der Waals surface area contributed by atoms with E-state index in [1.165, 1.54) is 22.1 Å². The van der Waals surface area contributed by atoms with Crippen LogP contribution >= 0.6 is 0 Å². The smallest absolute Gasteiger partial charge is 0.143 e. The Balaban J connectivity index is 1.21. The summed E-state index contributed by atoms with van der Waals surface area (Å²) in [6, 6.07) is 56.5. The zero-order valence-corrected chi connectivity index (χ0v) is 25.3. The van der Waals surface area contributed by atoms with Crippen LogP contribution in [0.5, 0.6) is 0 Å². The zero-order valence-electron chi connectivity index (χ0n) is 25.3. The van der Waals surface area contributed by atoms with Crippen LogP contribution in [0.2, 0.25) is 0 Å². The number of hydrogen-bond donors (Lipinski definition) is 0. The minimum atomic E-state index is 0.321. The van der Waals surface area contributed by atoms with Gasteiger partial charge in [-0.1, -0.05) is 133 Å². The molecule has 9 rings (SSSR count). The van der Waals surface area contributed by atoms with Gasteiger partial charge in [0.05, 0.1) is 5.69 Å². The van der Waals surface area contributed by atoms with E-state index in [4.69, 9.17) is 4.42 Å². The minimum Gasteiger partial charge on any atom is -0.455 e. The number of allylic oxidation sites excluding steroid dienone is 1. The number of rotatable bonds is 5. The van der Waals surface area contributed by atoms with Crippen molar-refractivity contribution in [2.24, 2.45) is 0 Å². The molecule has 0 fully saturated rings. The van der Waals surface area contributed by atoms with Gasteiger partial charge in [-0.3, -0.25) is 0 Å². The van der Waals surface area contributed by atoms with Gasteiger partial charge in [0.2, 0.25) is 0 Å². The van der Waals surface area contributed by atoms with Crippen LogP contribution in [-0.2, 0) is 6.42 Å². The predicted molar refractivity (Wildman–Crippen MR) is 193 cm³/mol. The van der Waals surface area contributed by atoms with Crippen LogP contribution in [0, 0.1) is 0 Å². The van der Waals surface area contributed by atoms with Gasteiger partial charge in [-0.25, -0.2) is 0 Å². The molecule has 1 heterocycles. The van der Waals surface area contributed by atoms with E-state index in [0.717, 1.165) is 61.9 Å². The molecule has 0 spiro atoms. The Kier molecular flexibility index (Phi) is 6.31. The number of fused-ring (bicyclic) bond motifs is 6. The topological polar surface area (TPSA) is 16.4 Å². The number of benzene rings is 7. The average Bonchev–Trinajstić information content (AvgIpc) is 3.52. The number of para-hydroxylation sites is 3. The van der Waals surface area contributed by atoms with Crippen molar-refractivity contribution in [3.05, 3.63) is 180 Å². The summed E-state index contributed by atoms with van der Waals surface area (Å²) in [6.45, 7) is 0. The number of hydrogen-bond acceptors (Lipinski definition) is 2. The van der Waals surface area contributed by atoms with Crippen molar-refractivity contribution in [1.29, 1.82) is 0 Å². The summed E-state index contributed by atoms with van der Waals surface area (Å²) in [7, 11) is 0. The van der Waals surface area contributed by atoms with E-state index in [0.29, 0.717) is 5.92 Å². The van der Waals surface area contributed by atoms with Crippen LogP contribution in [0.4, 0.5) is 17.1 Å². The second-order valence-electron chi connectivity index (χ2n) is 12.1. The normalized spacial score (nSPS) is 14.1. The standard InChI is InChI=1S/C44H31NO/c1-2-16-35(17-3-1)45(36-18-10-15-33(29-36)34-25-24-30-12-4-5-14-32(30)28-34)42-23-9-8-20-38(42)39-21-11-22-40-41-27-26-31-13-6-7-19-37(31)43(41)46-44(39)40/h1-27,29,34H,28H2. The maximum absolute atomic E-state index is 6.80. The highest BCUT2D eigenvalue weighted by atomic mass is 16.3. The molecular formula is C44H31NO. The van der Waals surface area contributed by atoms with Crippen LogP contribution in [0.3, 0.4) is 0 Å². The first kappa shape index (κ1) is 26.5. The lowest BCUT2D eigenvalue weighted by Crippen LogP contribution is -2.12. The van der Waals surface area contributed by atoms with E-state index >= 15 is 0 Å². The molecule has 2 nitrogen and oxygen atoms in total. The summed E-state index contributed by atoms with van der Waals surface area (Å²) in [6.07, 6.45) is 5.63. The van der Waals surface area contributed by atoms with Crippen molar-refractivity contribution in [2.45, 2.75) is 12.3 Å². The molecule has 8 aromatic rings. The van der Waals surface area contributed by atoms with Gasteiger partial charge in [0.25, 0.3) is 0 Å². The molecule has 46 heavy (non-hydrogen) atoms. The lowest BCUT2D eigenvalue weighted by Gasteiger charge is -2.29. The summed E-state index contributed by atoms with van der Waals surface area (Å²) < 4.78 is 6.80. The maximum Gasteiger partial charge on any atom is 0.143 e. The largest absolute Gasteiger partial charge is 0.455 e. The van der Waals surface area contributed by atoms with Crippen LogP contribution in [0.1, 0.15) is 22.6 Å². The fourth-order valence-electron chi connectivity index (χ4n) is 7.17. The first-order chi connectivity index (χ1) is 22.8. The second-order valence-corrected chi connectivity index (χ2v) is 12.1. The van der Waals surface area contributed by atoms with Gasteiger partial charge < -0.3 is 9.32 Å². The summed E-state index contributed by atoms with van der Waals surface area (Å²) >= 11 is 0. The second kappa shape index (κ2) is 10.9. The molecule has 0 amide bonds. The molecular weight excluding hydrogens is 558 g/mol.